The van der Waals surface area contributed by atoms with Gasteiger partial charge < -0.3 is 4.74 Å². The van der Waals surface area contributed by atoms with Crippen LogP contribution >= 0.6 is 15.9 Å². The fourth-order valence-electron chi connectivity index (χ4n) is 3.43. The molecule has 0 amide bonds. The molecule has 4 aromatic rings. The molecular formula is C22H17BrO. The third kappa shape index (κ3) is 2.38. The second kappa shape index (κ2) is 6.29. The van der Waals surface area contributed by atoms with Crippen molar-refractivity contribution in [1.82, 2.24) is 0 Å². The maximum atomic E-state index is 5.69. The van der Waals surface area contributed by atoms with Crippen LogP contribution in [0.5, 0.6) is 5.75 Å². The van der Waals surface area contributed by atoms with E-state index in [-0.39, 0.29) is 0 Å². The van der Waals surface area contributed by atoms with E-state index < -0.39 is 0 Å². The molecule has 0 aliphatic heterocycles. The molecule has 118 valence electrons. The Hall–Kier alpha value is -2.32. The molecule has 0 atom stereocenters. The minimum Gasteiger partial charge on any atom is -0.496 e. The number of alkyl halides is 1. The first kappa shape index (κ1) is 15.2. The minimum atomic E-state index is 0.750. The summed E-state index contributed by atoms with van der Waals surface area (Å²) < 4.78 is 5.69. The highest BCUT2D eigenvalue weighted by atomic mass is 79.9. The predicted molar refractivity (Wildman–Crippen MR) is 106 cm³/mol. The lowest BCUT2D eigenvalue weighted by Gasteiger charge is -2.17. The van der Waals surface area contributed by atoms with E-state index in [0.717, 1.165) is 11.1 Å². The molecule has 0 bridgehead atoms. The summed E-state index contributed by atoms with van der Waals surface area (Å²) in [5, 5.41) is 5.72. The Morgan fingerprint density at radius 3 is 2.21 bits per heavy atom. The maximum Gasteiger partial charge on any atom is 0.124 e. The lowest BCUT2D eigenvalue weighted by molar-refractivity contribution is 0.412. The molecule has 0 N–H and O–H groups in total. The van der Waals surface area contributed by atoms with Crippen LogP contribution in [0.1, 0.15) is 5.56 Å². The summed E-state index contributed by atoms with van der Waals surface area (Å²) >= 11 is 3.67. The molecule has 2 heteroatoms. The quantitative estimate of drug-likeness (QED) is 0.367. The first-order valence-corrected chi connectivity index (χ1v) is 9.08. The van der Waals surface area contributed by atoms with Crippen molar-refractivity contribution in [2.24, 2.45) is 0 Å². The number of benzene rings is 4. The number of halogens is 1. The molecule has 0 fully saturated rings. The smallest absolute Gasteiger partial charge is 0.124 e. The zero-order valence-electron chi connectivity index (χ0n) is 13.4. The van der Waals surface area contributed by atoms with Gasteiger partial charge in [-0.3, -0.25) is 0 Å². The minimum absolute atomic E-state index is 0.750. The van der Waals surface area contributed by atoms with E-state index in [1.165, 1.54) is 38.2 Å². The van der Waals surface area contributed by atoms with Gasteiger partial charge in [0.1, 0.15) is 5.75 Å². The van der Waals surface area contributed by atoms with Gasteiger partial charge in [-0.2, -0.15) is 0 Å². The third-order valence-corrected chi connectivity index (χ3v) is 5.09. The van der Waals surface area contributed by atoms with Crippen molar-refractivity contribution in [3.8, 4) is 16.9 Å². The highest BCUT2D eigenvalue weighted by Crippen LogP contribution is 2.41. The molecule has 0 heterocycles. The van der Waals surface area contributed by atoms with Crippen LogP contribution in [-0.4, -0.2) is 7.11 Å². The molecule has 4 aromatic carbocycles. The van der Waals surface area contributed by atoms with Gasteiger partial charge in [0, 0.05) is 10.9 Å². The SMILES string of the molecule is COc1cc2ccccc2c(-c2cccc3ccccc23)c1CBr. The normalized spacial score (nSPS) is 11.1. The van der Waals surface area contributed by atoms with E-state index in [1.54, 1.807) is 7.11 Å². The molecule has 0 saturated carbocycles. The number of hydrogen-bond acceptors (Lipinski definition) is 1. The van der Waals surface area contributed by atoms with Crippen LogP contribution in [0.25, 0.3) is 32.7 Å². The topological polar surface area (TPSA) is 9.23 Å². The maximum absolute atomic E-state index is 5.69. The van der Waals surface area contributed by atoms with Crippen molar-refractivity contribution in [1.29, 1.82) is 0 Å². The zero-order chi connectivity index (χ0) is 16.5. The van der Waals surface area contributed by atoms with Gasteiger partial charge in [-0.1, -0.05) is 82.7 Å². The summed E-state index contributed by atoms with van der Waals surface area (Å²) in [5.41, 5.74) is 3.68. The number of methoxy groups -OCH3 is 1. The Morgan fingerprint density at radius 2 is 1.46 bits per heavy atom. The van der Waals surface area contributed by atoms with Gasteiger partial charge in [0.25, 0.3) is 0 Å². The van der Waals surface area contributed by atoms with Gasteiger partial charge in [0.2, 0.25) is 0 Å². The Bertz CT molecular complexity index is 1030. The first-order chi connectivity index (χ1) is 11.8. The molecule has 0 unspecified atom stereocenters. The largest absolute Gasteiger partial charge is 0.496 e. The fraction of sp³-hybridized carbons (Fsp3) is 0.0909. The van der Waals surface area contributed by atoms with Crippen LogP contribution in [0.4, 0.5) is 0 Å². The average Bonchev–Trinajstić information content (AvgIpc) is 2.66. The number of hydrogen-bond donors (Lipinski definition) is 0. The van der Waals surface area contributed by atoms with Crippen molar-refractivity contribution in [2.75, 3.05) is 7.11 Å². The van der Waals surface area contributed by atoms with E-state index in [9.17, 15) is 0 Å². The standard InChI is InChI=1S/C22H17BrO/c1-24-21-13-16-8-3-5-11-18(16)22(20(21)14-23)19-12-6-9-15-7-2-4-10-17(15)19/h2-13H,14H2,1H3. The molecule has 0 radical (unpaired) electrons. The highest BCUT2D eigenvalue weighted by molar-refractivity contribution is 9.08. The molecule has 0 aliphatic carbocycles. The van der Waals surface area contributed by atoms with Crippen LogP contribution in [0.2, 0.25) is 0 Å². The Balaban J connectivity index is 2.19. The molecule has 0 saturated heterocycles. The molecule has 1 nitrogen and oxygen atoms in total. The summed E-state index contributed by atoms with van der Waals surface area (Å²) in [5.74, 6) is 0.925. The molecule has 0 aromatic heterocycles. The van der Waals surface area contributed by atoms with Crippen molar-refractivity contribution in [2.45, 2.75) is 5.33 Å². The van der Waals surface area contributed by atoms with Crippen LogP contribution < -0.4 is 4.74 Å². The van der Waals surface area contributed by atoms with Gasteiger partial charge in [0.05, 0.1) is 7.11 Å². The summed E-state index contributed by atoms with van der Waals surface area (Å²) in [6.45, 7) is 0. The van der Waals surface area contributed by atoms with E-state index >= 15 is 0 Å². The Morgan fingerprint density at radius 1 is 0.792 bits per heavy atom. The summed E-state index contributed by atoms with van der Waals surface area (Å²) in [6.07, 6.45) is 0. The van der Waals surface area contributed by atoms with Crippen molar-refractivity contribution in [3.05, 3.63) is 78.4 Å². The Kier molecular flexibility index (Phi) is 3.99. The van der Waals surface area contributed by atoms with E-state index in [2.05, 4.69) is 88.7 Å². The van der Waals surface area contributed by atoms with Gasteiger partial charge >= 0.3 is 0 Å². The van der Waals surface area contributed by atoms with Crippen LogP contribution in [-0.2, 0) is 5.33 Å². The van der Waals surface area contributed by atoms with Crippen LogP contribution in [0.15, 0.2) is 72.8 Å². The molecule has 0 aliphatic rings. The zero-order valence-corrected chi connectivity index (χ0v) is 15.0. The number of rotatable bonds is 3. The van der Waals surface area contributed by atoms with Crippen molar-refractivity contribution in [3.63, 3.8) is 0 Å². The summed E-state index contributed by atoms with van der Waals surface area (Å²) in [4.78, 5) is 0. The fourth-order valence-corrected chi connectivity index (χ4v) is 3.99. The van der Waals surface area contributed by atoms with E-state index in [4.69, 9.17) is 4.74 Å². The van der Waals surface area contributed by atoms with Crippen LogP contribution in [0.3, 0.4) is 0 Å². The molecule has 4 rings (SSSR count). The molecular weight excluding hydrogens is 360 g/mol. The second-order valence-corrected chi connectivity index (χ2v) is 6.37. The summed E-state index contributed by atoms with van der Waals surface area (Å²) in [7, 11) is 1.74. The first-order valence-electron chi connectivity index (χ1n) is 7.96. The second-order valence-electron chi connectivity index (χ2n) is 5.81. The van der Waals surface area contributed by atoms with E-state index in [1.807, 2.05) is 0 Å². The lowest BCUT2D eigenvalue weighted by atomic mass is 9.90. The van der Waals surface area contributed by atoms with Gasteiger partial charge in [-0.25, -0.2) is 0 Å². The highest BCUT2D eigenvalue weighted by Gasteiger charge is 2.16. The molecule has 24 heavy (non-hydrogen) atoms. The lowest BCUT2D eigenvalue weighted by Crippen LogP contribution is -1.95. The monoisotopic (exact) mass is 376 g/mol. The average molecular weight is 377 g/mol. The summed E-state index contributed by atoms with van der Waals surface area (Å²) in [6, 6.07) is 25.7. The molecule has 0 spiro atoms. The van der Waals surface area contributed by atoms with Gasteiger partial charge in [-0.15, -0.1) is 0 Å². The van der Waals surface area contributed by atoms with E-state index in [0.29, 0.717) is 0 Å². The van der Waals surface area contributed by atoms with Crippen molar-refractivity contribution < 1.29 is 4.74 Å². The van der Waals surface area contributed by atoms with Gasteiger partial charge in [-0.05, 0) is 38.7 Å². The van der Waals surface area contributed by atoms with Gasteiger partial charge in [0.15, 0.2) is 0 Å². The third-order valence-electron chi connectivity index (χ3n) is 4.53. The Labute approximate surface area is 150 Å². The number of fused-ring (bicyclic) bond motifs is 2. The number of ether oxygens (including phenoxy) is 1. The van der Waals surface area contributed by atoms with Crippen LogP contribution in [0, 0.1) is 0 Å². The predicted octanol–water partition coefficient (Wildman–Crippen LogP) is 6.56. The van der Waals surface area contributed by atoms with Crippen molar-refractivity contribution >= 4 is 37.5 Å².